The Kier molecular flexibility index (Phi) is 2.70. The normalized spacial score (nSPS) is 13.3. The average molecular weight is 181 g/mol. The molecule has 0 saturated carbocycles. The molecule has 0 radical (unpaired) electrons. The van der Waals surface area contributed by atoms with Gasteiger partial charge in [-0.1, -0.05) is 25.9 Å². The van der Waals surface area contributed by atoms with Crippen LogP contribution in [-0.4, -0.2) is 20.7 Å². The third-order valence-corrected chi connectivity index (χ3v) is 1.86. The van der Waals surface area contributed by atoms with Crippen LogP contribution in [0.5, 0.6) is 0 Å². The zero-order chi connectivity index (χ0) is 9.90. The summed E-state index contributed by atoms with van der Waals surface area (Å²) < 4.78 is 1.74. The van der Waals surface area contributed by atoms with Gasteiger partial charge < -0.3 is 5.21 Å². The highest BCUT2D eigenvalue weighted by atomic mass is 16.4. The van der Waals surface area contributed by atoms with Crippen molar-refractivity contribution in [2.24, 2.45) is 10.6 Å². The highest BCUT2D eigenvalue weighted by Crippen LogP contribution is 2.16. The highest BCUT2D eigenvalue weighted by molar-refractivity contribution is 5.88. The second kappa shape index (κ2) is 3.60. The van der Waals surface area contributed by atoms with Crippen molar-refractivity contribution >= 4 is 5.71 Å². The Morgan fingerprint density at radius 2 is 2.23 bits per heavy atom. The predicted octanol–water partition coefficient (Wildman–Crippen LogP) is 1.76. The minimum absolute atomic E-state index is 0.124. The Hall–Kier alpha value is -1.32. The molecule has 0 saturated heterocycles. The predicted molar refractivity (Wildman–Crippen MR) is 50.9 cm³/mol. The largest absolute Gasteiger partial charge is 0.411 e. The molecular formula is C9H15N3O. The zero-order valence-corrected chi connectivity index (χ0v) is 8.23. The van der Waals surface area contributed by atoms with E-state index in [2.05, 4.69) is 10.3 Å². The second-order valence-electron chi connectivity index (χ2n) is 4.00. The molecule has 0 aliphatic carbocycles. The molecule has 1 aromatic rings. The lowest BCUT2D eigenvalue weighted by molar-refractivity contribution is 0.307. The van der Waals surface area contributed by atoms with Gasteiger partial charge in [-0.3, -0.25) is 4.68 Å². The summed E-state index contributed by atoms with van der Waals surface area (Å²) in [5.74, 6) is 0. The van der Waals surface area contributed by atoms with Gasteiger partial charge in [0.2, 0.25) is 0 Å². The third-order valence-electron chi connectivity index (χ3n) is 1.86. The molecule has 13 heavy (non-hydrogen) atoms. The van der Waals surface area contributed by atoms with Gasteiger partial charge in [0.25, 0.3) is 0 Å². The average Bonchev–Trinajstić information content (AvgIpc) is 2.49. The van der Waals surface area contributed by atoms with Crippen LogP contribution in [0.4, 0.5) is 0 Å². The summed E-state index contributed by atoms with van der Waals surface area (Å²) in [7, 11) is 0. The molecule has 4 heteroatoms. The van der Waals surface area contributed by atoms with Crippen LogP contribution in [-0.2, 0) is 6.54 Å². The van der Waals surface area contributed by atoms with Gasteiger partial charge in [-0.15, -0.1) is 0 Å². The molecule has 0 amide bonds. The summed E-state index contributed by atoms with van der Waals surface area (Å²) in [5.41, 5.74) is 0.594. The van der Waals surface area contributed by atoms with E-state index in [4.69, 9.17) is 5.21 Å². The maximum atomic E-state index is 8.81. The van der Waals surface area contributed by atoms with E-state index in [0.29, 0.717) is 6.54 Å². The van der Waals surface area contributed by atoms with Crippen molar-refractivity contribution in [1.29, 1.82) is 0 Å². The fourth-order valence-corrected chi connectivity index (χ4v) is 0.966. The van der Waals surface area contributed by atoms with Gasteiger partial charge in [-0.05, 0) is 6.07 Å². The molecule has 1 rings (SSSR count). The minimum Gasteiger partial charge on any atom is -0.411 e. The molecule has 0 unspecified atom stereocenters. The molecule has 0 aromatic carbocycles. The number of nitrogens with zero attached hydrogens (tertiary/aromatic N) is 3. The van der Waals surface area contributed by atoms with Crippen molar-refractivity contribution in [3.05, 3.63) is 18.5 Å². The third kappa shape index (κ3) is 2.57. The summed E-state index contributed by atoms with van der Waals surface area (Å²) in [6.45, 7) is 6.55. The Morgan fingerprint density at radius 1 is 1.54 bits per heavy atom. The summed E-state index contributed by atoms with van der Waals surface area (Å²) >= 11 is 0. The van der Waals surface area contributed by atoms with Crippen molar-refractivity contribution in [3.8, 4) is 0 Å². The molecule has 0 spiro atoms. The fraction of sp³-hybridized carbons (Fsp3) is 0.556. The van der Waals surface area contributed by atoms with Gasteiger partial charge in [-0.2, -0.15) is 5.10 Å². The molecular weight excluding hydrogens is 166 g/mol. The lowest BCUT2D eigenvalue weighted by Crippen LogP contribution is -2.25. The van der Waals surface area contributed by atoms with Crippen LogP contribution in [0.15, 0.2) is 23.6 Å². The highest BCUT2D eigenvalue weighted by Gasteiger charge is 2.19. The molecule has 1 heterocycles. The first kappa shape index (κ1) is 9.77. The van der Waals surface area contributed by atoms with Crippen LogP contribution in [0.3, 0.4) is 0 Å². The Balaban J connectivity index is 2.73. The van der Waals surface area contributed by atoms with E-state index in [9.17, 15) is 0 Å². The van der Waals surface area contributed by atoms with Crippen LogP contribution in [0.25, 0.3) is 0 Å². The lowest BCUT2D eigenvalue weighted by Gasteiger charge is -2.19. The number of hydrogen-bond acceptors (Lipinski definition) is 3. The summed E-state index contributed by atoms with van der Waals surface area (Å²) in [6.07, 6.45) is 3.55. The molecule has 1 aromatic heterocycles. The Bertz CT molecular complexity index is 282. The lowest BCUT2D eigenvalue weighted by atomic mass is 9.90. The van der Waals surface area contributed by atoms with E-state index >= 15 is 0 Å². The molecule has 0 bridgehead atoms. The van der Waals surface area contributed by atoms with Crippen molar-refractivity contribution in [2.75, 3.05) is 0 Å². The first-order valence-corrected chi connectivity index (χ1v) is 4.23. The summed E-state index contributed by atoms with van der Waals surface area (Å²) in [5, 5.41) is 16.1. The standard InChI is InChI=1S/C9H15N3O/c1-9(2,3)8(11-13)7-12-6-4-5-10-12/h4-6,13H,7H2,1-3H3. The molecule has 72 valence electrons. The Morgan fingerprint density at radius 3 is 2.62 bits per heavy atom. The second-order valence-corrected chi connectivity index (χ2v) is 4.00. The fourth-order valence-electron chi connectivity index (χ4n) is 0.966. The van der Waals surface area contributed by atoms with E-state index in [1.54, 1.807) is 10.9 Å². The van der Waals surface area contributed by atoms with Crippen LogP contribution in [0.2, 0.25) is 0 Å². The number of aromatic nitrogens is 2. The van der Waals surface area contributed by atoms with E-state index in [-0.39, 0.29) is 5.41 Å². The minimum atomic E-state index is -0.124. The number of hydrogen-bond donors (Lipinski definition) is 1. The van der Waals surface area contributed by atoms with E-state index < -0.39 is 0 Å². The molecule has 0 aliphatic rings. The van der Waals surface area contributed by atoms with Crippen LogP contribution < -0.4 is 0 Å². The van der Waals surface area contributed by atoms with Crippen LogP contribution in [0.1, 0.15) is 20.8 Å². The van der Waals surface area contributed by atoms with Gasteiger partial charge >= 0.3 is 0 Å². The van der Waals surface area contributed by atoms with E-state index in [1.165, 1.54) is 0 Å². The topological polar surface area (TPSA) is 50.4 Å². The monoisotopic (exact) mass is 181 g/mol. The molecule has 4 nitrogen and oxygen atoms in total. The molecule has 1 N–H and O–H groups in total. The number of oxime groups is 1. The van der Waals surface area contributed by atoms with E-state index in [1.807, 2.05) is 33.0 Å². The van der Waals surface area contributed by atoms with Gasteiger partial charge in [0.05, 0.1) is 12.3 Å². The molecule has 0 fully saturated rings. The van der Waals surface area contributed by atoms with Crippen molar-refractivity contribution in [2.45, 2.75) is 27.3 Å². The first-order valence-electron chi connectivity index (χ1n) is 4.23. The molecule has 0 aliphatic heterocycles. The number of rotatable bonds is 2. The van der Waals surface area contributed by atoms with Gasteiger partial charge in [0, 0.05) is 17.8 Å². The maximum Gasteiger partial charge on any atom is 0.0838 e. The Labute approximate surface area is 77.9 Å². The smallest absolute Gasteiger partial charge is 0.0838 e. The zero-order valence-electron chi connectivity index (χ0n) is 8.23. The van der Waals surface area contributed by atoms with Crippen molar-refractivity contribution in [3.63, 3.8) is 0 Å². The van der Waals surface area contributed by atoms with Crippen LogP contribution in [0, 0.1) is 5.41 Å². The van der Waals surface area contributed by atoms with Crippen molar-refractivity contribution < 1.29 is 5.21 Å². The molecule has 0 atom stereocenters. The first-order chi connectivity index (χ1) is 6.04. The summed E-state index contributed by atoms with van der Waals surface area (Å²) in [4.78, 5) is 0. The SMILES string of the molecule is CC(C)(C)C(Cn1cccn1)=NO. The van der Waals surface area contributed by atoms with Gasteiger partial charge in [-0.25, -0.2) is 0 Å². The van der Waals surface area contributed by atoms with Crippen LogP contribution >= 0.6 is 0 Å². The van der Waals surface area contributed by atoms with E-state index in [0.717, 1.165) is 5.71 Å². The summed E-state index contributed by atoms with van der Waals surface area (Å²) in [6, 6.07) is 1.84. The quantitative estimate of drug-likeness (QED) is 0.429. The maximum absolute atomic E-state index is 8.81. The van der Waals surface area contributed by atoms with Crippen molar-refractivity contribution in [1.82, 2.24) is 9.78 Å². The van der Waals surface area contributed by atoms with Gasteiger partial charge in [0.15, 0.2) is 0 Å². The van der Waals surface area contributed by atoms with Gasteiger partial charge in [0.1, 0.15) is 0 Å².